The summed E-state index contributed by atoms with van der Waals surface area (Å²) in [6.07, 6.45) is 3.55. The van der Waals surface area contributed by atoms with Crippen molar-refractivity contribution in [3.05, 3.63) is 11.3 Å². The van der Waals surface area contributed by atoms with E-state index in [1.165, 1.54) is 0 Å². The van der Waals surface area contributed by atoms with E-state index in [-0.39, 0.29) is 0 Å². The van der Waals surface area contributed by atoms with Gasteiger partial charge in [-0.1, -0.05) is 0 Å². The lowest BCUT2D eigenvalue weighted by Crippen LogP contribution is -2.32. The molecule has 0 radical (unpaired) electrons. The summed E-state index contributed by atoms with van der Waals surface area (Å²) in [6, 6.07) is 2.19. The Morgan fingerprint density at radius 2 is 2.25 bits per heavy atom. The van der Waals surface area contributed by atoms with Crippen LogP contribution in [0.1, 0.15) is 30.5 Å². The van der Waals surface area contributed by atoms with Crippen LogP contribution in [0.3, 0.4) is 0 Å². The molecule has 0 amide bonds. The maximum absolute atomic E-state index is 9.11. The van der Waals surface area contributed by atoms with Gasteiger partial charge in [-0.2, -0.15) is 10.4 Å². The molecule has 2 N–H and O–H groups in total. The number of hydrogen-bond donors (Lipinski definition) is 2. The second-order valence-corrected chi connectivity index (χ2v) is 5.14. The van der Waals surface area contributed by atoms with E-state index in [4.69, 9.17) is 10.00 Å². The molecule has 1 aliphatic rings. The predicted octanol–water partition coefficient (Wildman–Crippen LogP) is 1.17. The van der Waals surface area contributed by atoms with Crippen LogP contribution in [0.4, 0.5) is 5.82 Å². The lowest BCUT2D eigenvalue weighted by molar-refractivity contribution is 0.0329. The van der Waals surface area contributed by atoms with Crippen LogP contribution in [0, 0.1) is 18.3 Å². The van der Waals surface area contributed by atoms with Crippen molar-refractivity contribution in [2.45, 2.75) is 32.3 Å². The second kappa shape index (κ2) is 7.27. The predicted molar refractivity (Wildman–Crippen MR) is 77.6 cm³/mol. The average molecular weight is 277 g/mol. The Morgan fingerprint density at radius 3 is 2.95 bits per heavy atom. The van der Waals surface area contributed by atoms with E-state index in [0.29, 0.717) is 11.7 Å². The highest BCUT2D eigenvalue weighted by atomic mass is 16.5. The van der Waals surface area contributed by atoms with Crippen LogP contribution >= 0.6 is 0 Å². The summed E-state index contributed by atoms with van der Waals surface area (Å²) in [5.41, 5.74) is 1.40. The molecule has 0 spiro atoms. The van der Waals surface area contributed by atoms with Gasteiger partial charge in [-0.25, -0.2) is 0 Å². The fourth-order valence-corrected chi connectivity index (χ4v) is 2.49. The van der Waals surface area contributed by atoms with Crippen LogP contribution in [-0.2, 0) is 11.8 Å². The molecular weight excluding hydrogens is 254 g/mol. The molecule has 1 aromatic heterocycles. The van der Waals surface area contributed by atoms with E-state index in [1.807, 2.05) is 14.0 Å². The first-order valence-corrected chi connectivity index (χ1v) is 7.22. The maximum atomic E-state index is 9.11. The molecule has 110 valence electrons. The van der Waals surface area contributed by atoms with Crippen LogP contribution < -0.4 is 10.6 Å². The number of ether oxygens (including phenoxy) is 1. The minimum atomic E-state index is 0.407. The second-order valence-electron chi connectivity index (χ2n) is 5.14. The van der Waals surface area contributed by atoms with Gasteiger partial charge in [0.25, 0.3) is 0 Å². The highest BCUT2D eigenvalue weighted by molar-refractivity contribution is 5.54. The van der Waals surface area contributed by atoms with Gasteiger partial charge in [0.05, 0.1) is 11.8 Å². The van der Waals surface area contributed by atoms with Gasteiger partial charge in [-0.15, -0.1) is 0 Å². The minimum absolute atomic E-state index is 0.407. The largest absolute Gasteiger partial charge is 0.378 e. The number of aryl methyl sites for hydroxylation is 2. The lowest BCUT2D eigenvalue weighted by atomic mass is 10.1. The molecule has 0 saturated carbocycles. The van der Waals surface area contributed by atoms with Crippen LogP contribution in [0.5, 0.6) is 0 Å². The quantitative estimate of drug-likeness (QED) is 0.764. The molecule has 0 aromatic carbocycles. The van der Waals surface area contributed by atoms with Crippen molar-refractivity contribution >= 4 is 5.82 Å². The Kier molecular flexibility index (Phi) is 5.39. The number of aromatic nitrogens is 2. The number of rotatable bonds is 6. The van der Waals surface area contributed by atoms with Gasteiger partial charge in [-0.3, -0.25) is 4.68 Å². The summed E-state index contributed by atoms with van der Waals surface area (Å²) in [6.45, 7) is 5.52. The third kappa shape index (κ3) is 3.71. The monoisotopic (exact) mass is 277 g/mol. The maximum Gasteiger partial charge on any atom is 0.142 e. The molecule has 0 bridgehead atoms. The number of hydrogen-bond acceptors (Lipinski definition) is 5. The Labute approximate surface area is 120 Å². The zero-order chi connectivity index (χ0) is 14.4. The molecule has 1 saturated heterocycles. The zero-order valence-electron chi connectivity index (χ0n) is 12.3. The van der Waals surface area contributed by atoms with Crippen LogP contribution in [-0.4, -0.2) is 42.1 Å². The van der Waals surface area contributed by atoms with Gasteiger partial charge in [-0.05, 0) is 39.3 Å². The Morgan fingerprint density at radius 1 is 1.50 bits per heavy atom. The molecule has 0 atom stereocenters. The highest BCUT2D eigenvalue weighted by Crippen LogP contribution is 2.17. The number of nitrogens with zero attached hydrogens (tertiary/aromatic N) is 3. The van der Waals surface area contributed by atoms with E-state index < -0.39 is 0 Å². The number of nitriles is 1. The van der Waals surface area contributed by atoms with Gasteiger partial charge < -0.3 is 15.4 Å². The van der Waals surface area contributed by atoms with Crippen molar-refractivity contribution in [1.29, 1.82) is 5.26 Å². The molecule has 0 unspecified atom stereocenters. The first-order chi connectivity index (χ1) is 9.72. The SMILES string of the molecule is Cc1nn(C)c(NCCCOC2CCNCC2)c1C#N. The van der Waals surface area contributed by atoms with E-state index in [9.17, 15) is 0 Å². The van der Waals surface area contributed by atoms with E-state index in [0.717, 1.165) is 57.0 Å². The van der Waals surface area contributed by atoms with Crippen LogP contribution in [0.25, 0.3) is 0 Å². The molecular formula is C14H23N5O. The molecule has 2 heterocycles. The number of nitrogens with one attached hydrogen (secondary N) is 2. The molecule has 6 nitrogen and oxygen atoms in total. The number of piperidine rings is 1. The van der Waals surface area contributed by atoms with Crippen molar-refractivity contribution in [3.63, 3.8) is 0 Å². The fourth-order valence-electron chi connectivity index (χ4n) is 2.49. The number of anilines is 1. The van der Waals surface area contributed by atoms with Crippen LogP contribution in [0.2, 0.25) is 0 Å². The Balaban J connectivity index is 1.69. The van der Waals surface area contributed by atoms with E-state index in [2.05, 4.69) is 21.8 Å². The molecule has 0 aliphatic carbocycles. The minimum Gasteiger partial charge on any atom is -0.378 e. The summed E-state index contributed by atoms with van der Waals surface area (Å²) in [5.74, 6) is 0.798. The van der Waals surface area contributed by atoms with Crippen molar-refractivity contribution in [2.24, 2.45) is 7.05 Å². The molecule has 1 aliphatic heterocycles. The molecule has 1 aromatic rings. The van der Waals surface area contributed by atoms with Gasteiger partial charge in [0.2, 0.25) is 0 Å². The fraction of sp³-hybridized carbons (Fsp3) is 0.714. The molecule has 2 rings (SSSR count). The van der Waals surface area contributed by atoms with E-state index >= 15 is 0 Å². The third-order valence-electron chi connectivity index (χ3n) is 3.59. The summed E-state index contributed by atoms with van der Waals surface area (Å²) in [7, 11) is 1.85. The molecule has 6 heteroatoms. The van der Waals surface area contributed by atoms with Gasteiger partial charge in [0.15, 0.2) is 0 Å². The van der Waals surface area contributed by atoms with Gasteiger partial charge >= 0.3 is 0 Å². The summed E-state index contributed by atoms with van der Waals surface area (Å²) in [4.78, 5) is 0. The Hall–Kier alpha value is -1.58. The van der Waals surface area contributed by atoms with Crippen LogP contribution in [0.15, 0.2) is 0 Å². The standard InChI is InChI=1S/C14H23N5O/c1-11-13(10-15)14(19(2)18-11)17-6-3-9-20-12-4-7-16-8-5-12/h12,16-17H,3-9H2,1-2H3. The summed E-state index contributed by atoms with van der Waals surface area (Å²) >= 11 is 0. The smallest absolute Gasteiger partial charge is 0.142 e. The zero-order valence-corrected chi connectivity index (χ0v) is 12.3. The molecule has 1 fully saturated rings. The Bertz CT molecular complexity index is 471. The van der Waals surface area contributed by atoms with Gasteiger partial charge in [0, 0.05) is 20.2 Å². The normalized spacial score (nSPS) is 16.1. The van der Waals surface area contributed by atoms with Crippen molar-refractivity contribution < 1.29 is 4.74 Å². The summed E-state index contributed by atoms with van der Waals surface area (Å²) in [5, 5.41) is 20.0. The summed E-state index contributed by atoms with van der Waals surface area (Å²) < 4.78 is 7.57. The lowest BCUT2D eigenvalue weighted by Gasteiger charge is -2.22. The van der Waals surface area contributed by atoms with Crippen molar-refractivity contribution in [1.82, 2.24) is 15.1 Å². The van der Waals surface area contributed by atoms with Gasteiger partial charge in [0.1, 0.15) is 17.5 Å². The van der Waals surface area contributed by atoms with E-state index in [1.54, 1.807) is 4.68 Å². The topological polar surface area (TPSA) is 74.9 Å². The third-order valence-corrected chi connectivity index (χ3v) is 3.59. The molecule has 20 heavy (non-hydrogen) atoms. The highest BCUT2D eigenvalue weighted by Gasteiger charge is 2.13. The first kappa shape index (κ1) is 14.8. The van der Waals surface area contributed by atoms with Crippen molar-refractivity contribution in [2.75, 3.05) is 31.6 Å². The first-order valence-electron chi connectivity index (χ1n) is 7.22. The average Bonchev–Trinajstić information content (AvgIpc) is 2.73. The van der Waals surface area contributed by atoms with Crippen molar-refractivity contribution in [3.8, 4) is 6.07 Å².